The van der Waals surface area contributed by atoms with Gasteiger partial charge in [0, 0.05) is 38.5 Å². The zero-order valence-corrected chi connectivity index (χ0v) is 52.0. The van der Waals surface area contributed by atoms with Crippen molar-refractivity contribution in [2.45, 2.75) is 180 Å². The van der Waals surface area contributed by atoms with Crippen molar-refractivity contribution in [2.75, 3.05) is 52.9 Å². The van der Waals surface area contributed by atoms with Crippen LogP contribution in [0.2, 0.25) is 0 Å². The van der Waals surface area contributed by atoms with Gasteiger partial charge in [0.15, 0.2) is 0 Å². The molecule has 0 fully saturated rings. The van der Waals surface area contributed by atoms with Gasteiger partial charge in [-0.15, -0.1) is 0 Å². The highest BCUT2D eigenvalue weighted by Gasteiger charge is 2.48. The van der Waals surface area contributed by atoms with Crippen LogP contribution >= 0.6 is 0 Å². The molecule has 2 N–H and O–H groups in total. The third kappa shape index (κ3) is 18.0. The summed E-state index contributed by atoms with van der Waals surface area (Å²) in [4.78, 5) is 25.1. The number of carbonyl (C=O) groups is 2. The van der Waals surface area contributed by atoms with Crippen LogP contribution in [0.4, 0.5) is 26.3 Å². The van der Waals surface area contributed by atoms with Crippen molar-refractivity contribution in [1.29, 1.82) is 0 Å². The second-order valence-corrected chi connectivity index (χ2v) is 29.0. The third-order valence-corrected chi connectivity index (χ3v) is 16.7. The first-order chi connectivity index (χ1) is 38.7. The molecule has 0 saturated carbocycles. The molecule has 0 radical (unpaired) electrons. The van der Waals surface area contributed by atoms with Gasteiger partial charge in [0.05, 0.1) is 39.6 Å². The number of rotatable bonds is 14. The number of unbranched alkanes of at least 4 members (excludes halogenated alkanes) is 2. The Bertz CT molecular complexity index is 3030. The predicted molar refractivity (Wildman–Crippen MR) is 309 cm³/mol. The normalized spacial score (nSPS) is 15.3. The van der Waals surface area contributed by atoms with E-state index in [1.165, 1.54) is 0 Å². The minimum absolute atomic E-state index is 0.0231. The first kappa shape index (κ1) is 67.5. The maximum absolute atomic E-state index is 13.2. The lowest BCUT2D eigenvalue weighted by Crippen LogP contribution is -2.40. The van der Waals surface area contributed by atoms with Crippen LogP contribution in [0.5, 0.6) is 23.0 Å². The molecule has 10 bridgehead atoms. The van der Waals surface area contributed by atoms with E-state index in [1.54, 1.807) is 0 Å². The SMILES string of the molecule is CC(C)(C)c1cc2c(OCCCCC(=O)NS(=O)(=O)C(F)(F)F)c(c1)Cc1cc(C(C)(C)C)cc3c1OCCOCCOCCOc1c(cc(C(C)(C)C)cc1C3)Cc1cc(C(C)(C)C)cc(c1OCCCCC(=O)NS(=O)(=O)C(F)(F)F)C2. The fraction of sp³-hybridized carbons (Fsp3) is 0.581. The average Bonchev–Trinajstić information content (AvgIpc) is 3.55. The van der Waals surface area contributed by atoms with Crippen molar-refractivity contribution in [3.05, 3.63) is 115 Å². The predicted octanol–water partition coefficient (Wildman–Crippen LogP) is 12.4. The quantitative estimate of drug-likeness (QED) is 0.0794. The number of sulfonamides is 2. The van der Waals surface area contributed by atoms with E-state index >= 15 is 0 Å². The lowest BCUT2D eigenvalue weighted by Gasteiger charge is -2.29. The maximum Gasteiger partial charge on any atom is 0.516 e. The molecule has 4 aromatic rings. The van der Waals surface area contributed by atoms with Gasteiger partial charge in [-0.05, 0) is 114 Å². The Balaban J connectivity index is 1.63. The van der Waals surface area contributed by atoms with E-state index < -0.39 is 66.5 Å². The van der Waals surface area contributed by atoms with Gasteiger partial charge in [-0.2, -0.15) is 43.2 Å². The van der Waals surface area contributed by atoms with Crippen molar-refractivity contribution in [3.63, 3.8) is 0 Å². The third-order valence-electron chi connectivity index (χ3n) is 14.5. The van der Waals surface area contributed by atoms with Crippen molar-refractivity contribution >= 4 is 31.9 Å². The first-order valence-corrected chi connectivity index (χ1v) is 31.3. The summed E-state index contributed by atoms with van der Waals surface area (Å²) in [7, 11) is -11.8. The number of amides is 2. The zero-order chi connectivity index (χ0) is 62.4. The van der Waals surface area contributed by atoms with Gasteiger partial charge in [0.1, 0.15) is 36.2 Å². The molecule has 4 aromatic carbocycles. The first-order valence-electron chi connectivity index (χ1n) is 28.3. The number of benzene rings is 4. The Hall–Kier alpha value is -5.58. The topological polar surface area (TPSA) is 182 Å². The zero-order valence-electron chi connectivity index (χ0n) is 50.3. The molecule has 0 atom stereocenters. The van der Waals surface area contributed by atoms with E-state index in [1.807, 2.05) is 0 Å². The van der Waals surface area contributed by atoms with Gasteiger partial charge in [0.25, 0.3) is 0 Å². The second kappa shape index (κ2) is 26.6. The number of nitrogens with one attached hydrogen (secondary N) is 2. The Kier molecular flexibility index (Phi) is 21.4. The highest BCUT2D eigenvalue weighted by molar-refractivity contribution is 7.91. The largest absolute Gasteiger partial charge is 0.516 e. The molecule has 14 nitrogen and oxygen atoms in total. The number of hydrogen-bond donors (Lipinski definition) is 2. The van der Waals surface area contributed by atoms with Crippen molar-refractivity contribution < 1.29 is 81.2 Å². The molecule has 2 amide bonds. The lowest BCUT2D eigenvalue weighted by molar-refractivity contribution is -0.120. The Morgan fingerprint density at radius 1 is 0.417 bits per heavy atom. The van der Waals surface area contributed by atoms with Crippen molar-refractivity contribution in [3.8, 4) is 23.0 Å². The summed E-state index contributed by atoms with van der Waals surface area (Å²) in [6.07, 6.45) is 0.264. The molecule has 2 aliphatic rings. The minimum atomic E-state index is -5.91. The van der Waals surface area contributed by atoms with Gasteiger partial charge in [0.2, 0.25) is 11.8 Å². The summed E-state index contributed by atoms with van der Waals surface area (Å²) in [6, 6.07) is 17.0. The Morgan fingerprint density at radius 3 is 0.940 bits per heavy atom. The van der Waals surface area contributed by atoms with Crippen LogP contribution in [0, 0.1) is 0 Å². The van der Waals surface area contributed by atoms with Gasteiger partial charge in [-0.25, -0.2) is 9.44 Å². The van der Waals surface area contributed by atoms with Crippen LogP contribution in [-0.2, 0) is 86.5 Å². The molecule has 1 aliphatic heterocycles. The molecule has 0 unspecified atom stereocenters. The summed E-state index contributed by atoms with van der Waals surface area (Å²) >= 11 is 0. The lowest BCUT2D eigenvalue weighted by atomic mass is 9.79. The molecule has 22 heteroatoms. The number of alkyl halides is 6. The monoisotopic (exact) mass is 1220 g/mol. The van der Waals surface area contributed by atoms with Crippen LogP contribution in [-0.4, -0.2) is 92.5 Å². The smallest absolute Gasteiger partial charge is 0.493 e. The number of hydrogen-bond acceptors (Lipinski definition) is 12. The standard InChI is InChI=1S/C62H82F6N2O12S2/c1-57(2,3)47-31-39-27-40-32-48(58(4,5)6)34-42(54(40)80-20-16-14-18-52(72)70-84(75,76)62(66,67)68)29-44-36-50(60(10,11)12)38-46-30-45-37-49(59(7,8)9)35-43(55(45)81-25-23-77-21-22-78-24-26-82-56(44)46)28-41(33-47)53(39)79-19-15-13-17-51(71)69-83(73,74)61(63,64)65/h31-38H,13-30H2,1-12H3,(H,69,71)(H,70,72). The van der Waals surface area contributed by atoms with E-state index in [4.69, 9.17) is 28.4 Å². The molecule has 0 spiro atoms. The molecule has 84 heavy (non-hydrogen) atoms. The average molecular weight is 1230 g/mol. The number of ether oxygens (including phenoxy) is 6. The Labute approximate surface area is 491 Å². The molecule has 6 rings (SSSR count). The van der Waals surface area contributed by atoms with Crippen LogP contribution in [0.1, 0.15) is 188 Å². The summed E-state index contributed by atoms with van der Waals surface area (Å²) in [5.74, 6) is -0.352. The fourth-order valence-electron chi connectivity index (χ4n) is 9.73. The van der Waals surface area contributed by atoms with E-state index in [0.717, 1.165) is 76.2 Å². The second-order valence-electron chi connectivity index (χ2n) is 25.7. The van der Waals surface area contributed by atoms with E-state index in [9.17, 15) is 52.8 Å². The molecular weight excluding hydrogens is 1140 g/mol. The number of halogens is 6. The highest BCUT2D eigenvalue weighted by atomic mass is 32.2. The highest BCUT2D eigenvalue weighted by Crippen LogP contribution is 2.45. The fourth-order valence-corrected chi connectivity index (χ4v) is 10.8. The molecule has 1 aliphatic carbocycles. The summed E-state index contributed by atoms with van der Waals surface area (Å²) in [5, 5.41) is 0. The van der Waals surface area contributed by atoms with Crippen molar-refractivity contribution in [2.24, 2.45) is 0 Å². The molecular formula is C62H82F6N2O12S2. The maximum atomic E-state index is 13.2. The van der Waals surface area contributed by atoms with Gasteiger partial charge in [-0.1, -0.05) is 132 Å². The molecule has 1 heterocycles. The van der Waals surface area contributed by atoms with Crippen LogP contribution in [0.15, 0.2) is 48.5 Å². The van der Waals surface area contributed by atoms with Crippen LogP contribution < -0.4 is 28.4 Å². The molecule has 466 valence electrons. The van der Waals surface area contributed by atoms with Gasteiger partial charge < -0.3 is 28.4 Å². The Morgan fingerprint density at radius 2 is 0.667 bits per heavy atom. The minimum Gasteiger partial charge on any atom is -0.493 e. The van der Waals surface area contributed by atoms with E-state index in [2.05, 4.69) is 132 Å². The van der Waals surface area contributed by atoms with E-state index in [-0.39, 0.29) is 95.4 Å². The number of fused-ring (bicyclic) bond motifs is 4. The summed E-state index contributed by atoms with van der Waals surface area (Å²) in [5.41, 5.74) is -2.49. The molecule has 0 saturated heterocycles. The number of carbonyl (C=O) groups excluding carboxylic acids is 2. The van der Waals surface area contributed by atoms with Crippen LogP contribution in [0.3, 0.4) is 0 Å². The van der Waals surface area contributed by atoms with Crippen LogP contribution in [0.25, 0.3) is 0 Å². The molecule has 0 aromatic heterocycles. The van der Waals surface area contributed by atoms with Gasteiger partial charge >= 0.3 is 31.1 Å². The van der Waals surface area contributed by atoms with Gasteiger partial charge in [-0.3, -0.25) is 9.59 Å². The van der Waals surface area contributed by atoms with E-state index in [0.29, 0.717) is 42.6 Å². The summed E-state index contributed by atoms with van der Waals surface area (Å²) in [6.45, 7) is 26.9. The summed E-state index contributed by atoms with van der Waals surface area (Å²) < 4.78 is 168. The van der Waals surface area contributed by atoms with Crippen molar-refractivity contribution in [1.82, 2.24) is 9.44 Å².